The Morgan fingerprint density at radius 3 is 1.85 bits per heavy atom. The van der Waals surface area contributed by atoms with Crippen molar-refractivity contribution in [3.63, 3.8) is 0 Å². The first-order chi connectivity index (χ1) is 9.63. The lowest BCUT2D eigenvalue weighted by Gasteiger charge is -2.19. The highest BCUT2D eigenvalue weighted by Gasteiger charge is 2.19. The van der Waals surface area contributed by atoms with Gasteiger partial charge >= 0.3 is 0 Å². The molecule has 0 amide bonds. The zero-order chi connectivity index (χ0) is 14.8. The van der Waals surface area contributed by atoms with Gasteiger partial charge in [0.15, 0.2) is 0 Å². The molecule has 0 aromatic carbocycles. The van der Waals surface area contributed by atoms with E-state index in [9.17, 15) is 9.59 Å². The first-order valence-corrected chi connectivity index (χ1v) is 9.33. The van der Waals surface area contributed by atoms with Crippen molar-refractivity contribution in [3.05, 3.63) is 0 Å². The highest BCUT2D eigenvalue weighted by Crippen LogP contribution is 2.26. The Bertz CT molecular complexity index is 289. The van der Waals surface area contributed by atoms with E-state index in [2.05, 4.69) is 15.9 Å². The molecule has 0 bridgehead atoms. The number of rotatable bonds is 4. The van der Waals surface area contributed by atoms with Gasteiger partial charge in [0.05, 0.1) is 5.33 Å². The average molecular weight is 345 g/mol. The van der Waals surface area contributed by atoms with Crippen molar-refractivity contribution in [3.8, 4) is 0 Å². The molecule has 0 aliphatic heterocycles. The Hall–Kier alpha value is -0.180. The molecule has 116 valence electrons. The highest BCUT2D eigenvalue weighted by molar-refractivity contribution is 9.09. The van der Waals surface area contributed by atoms with E-state index in [4.69, 9.17) is 0 Å². The van der Waals surface area contributed by atoms with Crippen molar-refractivity contribution < 1.29 is 9.59 Å². The molecule has 2 fully saturated rings. The molecule has 0 heterocycles. The van der Waals surface area contributed by atoms with Crippen molar-refractivity contribution in [1.82, 2.24) is 0 Å². The Balaban J connectivity index is 0.000000200. The smallest absolute Gasteiger partial charge is 0.146 e. The summed E-state index contributed by atoms with van der Waals surface area (Å²) >= 11 is 3.20. The van der Waals surface area contributed by atoms with Crippen molar-refractivity contribution in [1.29, 1.82) is 0 Å². The summed E-state index contributed by atoms with van der Waals surface area (Å²) in [5, 5.41) is 0.553. The summed E-state index contributed by atoms with van der Waals surface area (Å²) in [4.78, 5) is 21.8. The molecule has 2 rings (SSSR count). The fourth-order valence-electron chi connectivity index (χ4n) is 3.33. The number of carbonyl (C=O) groups excluding carboxylic acids is 2. The largest absolute Gasteiger partial charge is 0.300 e. The van der Waals surface area contributed by atoms with Gasteiger partial charge in [-0.2, -0.15) is 0 Å². The van der Waals surface area contributed by atoms with Crippen LogP contribution < -0.4 is 0 Å². The lowest BCUT2D eigenvalue weighted by molar-refractivity contribution is -0.121. The fraction of sp³-hybridized carbons (Fsp3) is 0.882. The minimum atomic E-state index is 0.368. The van der Waals surface area contributed by atoms with Crippen LogP contribution in [0.5, 0.6) is 0 Å². The lowest BCUT2D eigenvalue weighted by atomic mass is 9.86. The molecular formula is C17H29BrO2. The minimum absolute atomic E-state index is 0.368. The number of ketones is 2. The van der Waals surface area contributed by atoms with Crippen LogP contribution in [0.25, 0.3) is 0 Å². The SMILES string of the molecule is CC(=O)CC1CCCCC1.O=C(CBr)C1CCCCC1. The predicted octanol–water partition coefficient (Wildman–Crippen LogP) is 5.08. The van der Waals surface area contributed by atoms with Crippen molar-refractivity contribution in [2.24, 2.45) is 11.8 Å². The first kappa shape index (κ1) is 17.9. The molecule has 0 N–H and O–H groups in total. The predicted molar refractivity (Wildman–Crippen MR) is 87.2 cm³/mol. The van der Waals surface area contributed by atoms with E-state index >= 15 is 0 Å². The van der Waals surface area contributed by atoms with Gasteiger partial charge in [-0.05, 0) is 25.7 Å². The van der Waals surface area contributed by atoms with Gasteiger partial charge in [-0.15, -0.1) is 0 Å². The second kappa shape index (κ2) is 10.5. The number of Topliss-reactive ketones (excluding diaryl/α,β-unsaturated/α-hetero) is 2. The molecule has 2 aliphatic carbocycles. The van der Waals surface area contributed by atoms with Gasteiger partial charge in [0.1, 0.15) is 11.6 Å². The third-order valence-corrected chi connectivity index (χ3v) is 5.05. The van der Waals surface area contributed by atoms with Gasteiger partial charge in [0, 0.05) is 12.3 Å². The van der Waals surface area contributed by atoms with Crippen LogP contribution in [0.15, 0.2) is 0 Å². The summed E-state index contributed by atoms with van der Waals surface area (Å²) in [6.07, 6.45) is 13.6. The molecule has 2 nitrogen and oxygen atoms in total. The molecule has 0 saturated heterocycles. The van der Waals surface area contributed by atoms with Gasteiger partial charge < -0.3 is 4.79 Å². The van der Waals surface area contributed by atoms with Crippen molar-refractivity contribution in [2.75, 3.05) is 5.33 Å². The molecule has 0 aromatic heterocycles. The molecule has 0 atom stereocenters. The normalized spacial score (nSPS) is 20.9. The van der Waals surface area contributed by atoms with Crippen LogP contribution in [0.4, 0.5) is 0 Å². The highest BCUT2D eigenvalue weighted by atomic mass is 79.9. The van der Waals surface area contributed by atoms with Crippen LogP contribution in [-0.2, 0) is 9.59 Å². The fourth-order valence-corrected chi connectivity index (χ4v) is 3.79. The second-order valence-electron chi connectivity index (χ2n) is 6.35. The van der Waals surface area contributed by atoms with Gasteiger partial charge in [0.25, 0.3) is 0 Å². The van der Waals surface area contributed by atoms with Crippen molar-refractivity contribution >= 4 is 27.5 Å². The Morgan fingerprint density at radius 2 is 1.40 bits per heavy atom. The van der Waals surface area contributed by atoms with Crippen LogP contribution in [0.3, 0.4) is 0 Å². The van der Waals surface area contributed by atoms with Crippen LogP contribution in [0.2, 0.25) is 0 Å². The number of hydrogen-bond donors (Lipinski definition) is 0. The maximum atomic E-state index is 11.1. The van der Waals surface area contributed by atoms with Crippen LogP contribution in [-0.4, -0.2) is 16.9 Å². The maximum absolute atomic E-state index is 11.1. The van der Waals surface area contributed by atoms with Gasteiger partial charge in [0.2, 0.25) is 0 Å². The summed E-state index contributed by atoms with van der Waals surface area (Å²) in [7, 11) is 0. The molecule has 3 heteroatoms. The maximum Gasteiger partial charge on any atom is 0.146 e. The average Bonchev–Trinajstić information content (AvgIpc) is 2.48. The summed E-state index contributed by atoms with van der Waals surface area (Å²) in [6.45, 7) is 1.70. The number of alkyl halides is 1. The molecule has 0 aromatic rings. The standard InChI is InChI=1S/C9H16O.C8H13BrO/c1-8(10)7-9-5-3-2-4-6-9;9-6-8(10)7-4-2-1-3-5-7/h9H,2-7H2,1H3;7H,1-6H2. The number of carbonyl (C=O) groups is 2. The molecule has 2 aliphatic rings. The Morgan fingerprint density at radius 1 is 0.900 bits per heavy atom. The van der Waals surface area contributed by atoms with Crippen LogP contribution in [0.1, 0.15) is 77.6 Å². The zero-order valence-electron chi connectivity index (χ0n) is 12.8. The lowest BCUT2D eigenvalue weighted by Crippen LogP contribution is -2.18. The molecule has 0 unspecified atom stereocenters. The summed E-state index contributed by atoms with van der Waals surface area (Å²) in [5.41, 5.74) is 0. The molecule has 20 heavy (non-hydrogen) atoms. The van der Waals surface area contributed by atoms with E-state index in [0.29, 0.717) is 22.8 Å². The zero-order valence-corrected chi connectivity index (χ0v) is 14.4. The third kappa shape index (κ3) is 7.56. The first-order valence-electron chi connectivity index (χ1n) is 8.21. The van der Waals surface area contributed by atoms with Gasteiger partial charge in [-0.25, -0.2) is 0 Å². The van der Waals surface area contributed by atoms with Gasteiger partial charge in [-0.1, -0.05) is 67.3 Å². The van der Waals surface area contributed by atoms with E-state index in [-0.39, 0.29) is 0 Å². The van der Waals surface area contributed by atoms with E-state index in [1.54, 1.807) is 6.92 Å². The quantitative estimate of drug-likeness (QED) is 0.666. The van der Waals surface area contributed by atoms with E-state index in [1.807, 2.05) is 0 Å². The Kier molecular flexibility index (Phi) is 9.41. The van der Waals surface area contributed by atoms with E-state index in [1.165, 1.54) is 51.4 Å². The van der Waals surface area contributed by atoms with E-state index < -0.39 is 0 Å². The molecule has 0 spiro atoms. The summed E-state index contributed by atoms with van der Waals surface area (Å²) in [5.74, 6) is 1.88. The second-order valence-corrected chi connectivity index (χ2v) is 6.91. The molecular weight excluding hydrogens is 316 g/mol. The van der Waals surface area contributed by atoms with Gasteiger partial charge in [-0.3, -0.25) is 4.79 Å². The van der Waals surface area contributed by atoms with E-state index in [0.717, 1.165) is 25.2 Å². The third-order valence-electron chi connectivity index (χ3n) is 4.49. The monoisotopic (exact) mass is 344 g/mol. The molecule has 2 saturated carbocycles. The van der Waals surface area contributed by atoms with Crippen LogP contribution in [0, 0.1) is 11.8 Å². The molecule has 0 radical (unpaired) electrons. The number of halogens is 1. The summed E-state index contributed by atoms with van der Waals surface area (Å²) < 4.78 is 0. The topological polar surface area (TPSA) is 34.1 Å². The number of hydrogen-bond acceptors (Lipinski definition) is 2. The Labute approximate surface area is 132 Å². The summed E-state index contributed by atoms with van der Waals surface area (Å²) in [6, 6.07) is 0. The van der Waals surface area contributed by atoms with Crippen molar-refractivity contribution in [2.45, 2.75) is 77.6 Å². The van der Waals surface area contributed by atoms with Crippen LogP contribution >= 0.6 is 15.9 Å². The minimum Gasteiger partial charge on any atom is -0.300 e.